The number of nitrogens with zero attached hydrogens (tertiary/aromatic N) is 1. The number of ether oxygens (including phenoxy) is 1. The van der Waals surface area contributed by atoms with Gasteiger partial charge < -0.3 is 14.7 Å². The van der Waals surface area contributed by atoms with E-state index in [1.807, 2.05) is 38.1 Å². The molecule has 1 amide bonds. The minimum atomic E-state index is -1.29. The van der Waals surface area contributed by atoms with Crippen LogP contribution in [0.1, 0.15) is 42.5 Å². The van der Waals surface area contributed by atoms with Crippen LogP contribution in [-0.4, -0.2) is 28.6 Å². The molecule has 3 rings (SSSR count). The first-order valence-electron chi connectivity index (χ1n) is 8.85. The molecule has 6 heteroatoms. The van der Waals surface area contributed by atoms with Crippen molar-refractivity contribution in [2.75, 3.05) is 6.54 Å². The average molecular weight is 371 g/mol. The van der Waals surface area contributed by atoms with E-state index < -0.39 is 23.5 Å². The number of aliphatic carboxylic acids is 1. The number of cyclic esters (lactones) is 1. The number of carbonyl (C=O) groups excluding carboxylic acids is 1. The van der Waals surface area contributed by atoms with Crippen molar-refractivity contribution in [3.8, 4) is 0 Å². The molecule has 2 aromatic carbocycles. The zero-order valence-corrected chi connectivity index (χ0v) is 15.3. The Labute approximate surface area is 157 Å². The minimum Gasteiger partial charge on any atom is -0.481 e. The number of benzene rings is 2. The number of carboxylic acid groups (broad SMARTS) is 1. The number of carbonyl (C=O) groups is 2. The minimum absolute atomic E-state index is 0.200. The molecule has 1 saturated heterocycles. The van der Waals surface area contributed by atoms with Crippen molar-refractivity contribution in [3.05, 3.63) is 71.0 Å². The van der Waals surface area contributed by atoms with Crippen molar-refractivity contribution in [2.24, 2.45) is 0 Å². The van der Waals surface area contributed by atoms with E-state index in [0.29, 0.717) is 18.5 Å². The smallest absolute Gasteiger partial charge is 0.411 e. The fourth-order valence-electron chi connectivity index (χ4n) is 3.47. The molecule has 0 aliphatic carbocycles. The molecule has 5 nitrogen and oxygen atoms in total. The number of hydrogen-bond acceptors (Lipinski definition) is 3. The quantitative estimate of drug-likeness (QED) is 0.846. The van der Waals surface area contributed by atoms with E-state index in [4.69, 9.17) is 4.74 Å². The third-order valence-corrected chi connectivity index (χ3v) is 5.11. The summed E-state index contributed by atoms with van der Waals surface area (Å²) in [5.41, 5.74) is 1.30. The van der Waals surface area contributed by atoms with Crippen molar-refractivity contribution in [3.63, 3.8) is 0 Å². The summed E-state index contributed by atoms with van der Waals surface area (Å²) in [5, 5.41) is 9.33. The predicted octanol–water partition coefficient (Wildman–Crippen LogP) is 4.41. The third-order valence-electron chi connectivity index (χ3n) is 5.11. The lowest BCUT2D eigenvalue weighted by molar-refractivity contribution is -0.146. The first kappa shape index (κ1) is 18.9. The summed E-state index contributed by atoms with van der Waals surface area (Å²) in [6, 6.07) is 13.1. The van der Waals surface area contributed by atoms with Gasteiger partial charge in [0.05, 0.1) is 12.5 Å². The van der Waals surface area contributed by atoms with Crippen LogP contribution in [0, 0.1) is 12.7 Å². The molecule has 27 heavy (non-hydrogen) atoms. The van der Waals surface area contributed by atoms with Crippen LogP contribution in [0.2, 0.25) is 0 Å². The summed E-state index contributed by atoms with van der Waals surface area (Å²) in [5.74, 6) is -1.51. The number of aryl methyl sites for hydroxylation is 1. The van der Waals surface area contributed by atoms with E-state index in [1.54, 1.807) is 4.90 Å². The van der Waals surface area contributed by atoms with Gasteiger partial charge in [-0.15, -0.1) is 0 Å². The fraction of sp³-hybridized carbons (Fsp3) is 0.333. The van der Waals surface area contributed by atoms with Gasteiger partial charge in [0.2, 0.25) is 0 Å². The van der Waals surface area contributed by atoms with Crippen LogP contribution in [0.15, 0.2) is 48.5 Å². The monoisotopic (exact) mass is 371 g/mol. The van der Waals surface area contributed by atoms with Crippen molar-refractivity contribution in [1.29, 1.82) is 0 Å². The maximum Gasteiger partial charge on any atom is 0.411 e. The lowest BCUT2D eigenvalue weighted by atomic mass is 9.85. The first-order chi connectivity index (χ1) is 12.8. The molecule has 0 saturated carbocycles. The summed E-state index contributed by atoms with van der Waals surface area (Å²) >= 11 is 0. The topological polar surface area (TPSA) is 66.8 Å². The summed E-state index contributed by atoms with van der Waals surface area (Å²) in [7, 11) is 0. The molecule has 1 heterocycles. The Morgan fingerprint density at radius 2 is 1.85 bits per heavy atom. The van der Waals surface area contributed by atoms with Crippen LogP contribution < -0.4 is 0 Å². The lowest BCUT2D eigenvalue weighted by Gasteiger charge is -2.42. The van der Waals surface area contributed by atoms with Crippen LogP contribution in [0.4, 0.5) is 9.18 Å². The zero-order chi connectivity index (χ0) is 19.6. The number of rotatable bonds is 5. The van der Waals surface area contributed by atoms with Crippen molar-refractivity contribution in [1.82, 2.24) is 4.90 Å². The van der Waals surface area contributed by atoms with E-state index in [2.05, 4.69) is 0 Å². The molecular weight excluding hydrogens is 349 g/mol. The van der Waals surface area contributed by atoms with E-state index in [0.717, 1.165) is 11.1 Å². The molecular formula is C21H22FNO4. The first-order valence-corrected chi connectivity index (χ1v) is 8.85. The zero-order valence-electron chi connectivity index (χ0n) is 15.3. The lowest BCUT2D eigenvalue weighted by Crippen LogP contribution is -2.49. The Hall–Kier alpha value is -2.89. The van der Waals surface area contributed by atoms with E-state index in [1.165, 1.54) is 24.3 Å². The summed E-state index contributed by atoms with van der Waals surface area (Å²) in [6.45, 7) is 4.25. The van der Waals surface area contributed by atoms with Gasteiger partial charge in [-0.25, -0.2) is 9.18 Å². The van der Waals surface area contributed by atoms with Gasteiger partial charge in [0, 0.05) is 13.0 Å². The van der Waals surface area contributed by atoms with Gasteiger partial charge in [-0.3, -0.25) is 4.79 Å². The maximum atomic E-state index is 13.3. The molecule has 0 spiro atoms. The Balaban J connectivity index is 1.85. The van der Waals surface area contributed by atoms with Crippen molar-refractivity contribution in [2.45, 2.75) is 38.3 Å². The Bertz CT molecular complexity index is 834. The third kappa shape index (κ3) is 3.94. The second-order valence-electron chi connectivity index (χ2n) is 6.97. The SMILES string of the molecule is Cc1ccc([C@H](C)N2CC[C@](CC(=O)O)(c3ccc(F)cc3)OC2=O)cc1. The number of halogens is 1. The molecule has 0 radical (unpaired) electrons. The highest BCUT2D eigenvalue weighted by atomic mass is 19.1. The highest BCUT2D eigenvalue weighted by molar-refractivity contribution is 5.73. The van der Waals surface area contributed by atoms with Gasteiger partial charge >= 0.3 is 12.1 Å². The highest BCUT2D eigenvalue weighted by Crippen LogP contribution is 2.39. The van der Waals surface area contributed by atoms with Gasteiger partial charge in [0.25, 0.3) is 0 Å². The van der Waals surface area contributed by atoms with Gasteiger partial charge in [-0.05, 0) is 37.1 Å². The van der Waals surface area contributed by atoms with E-state index >= 15 is 0 Å². The fourth-order valence-corrected chi connectivity index (χ4v) is 3.47. The molecule has 0 unspecified atom stereocenters. The highest BCUT2D eigenvalue weighted by Gasteiger charge is 2.45. The van der Waals surface area contributed by atoms with Crippen LogP contribution in [0.5, 0.6) is 0 Å². The molecule has 0 bridgehead atoms. The predicted molar refractivity (Wildman–Crippen MR) is 97.7 cm³/mol. The normalized spacial score (nSPS) is 20.9. The molecule has 2 aromatic rings. The van der Waals surface area contributed by atoms with Gasteiger partial charge in [-0.2, -0.15) is 0 Å². The Morgan fingerprint density at radius 3 is 2.41 bits per heavy atom. The van der Waals surface area contributed by atoms with E-state index in [-0.39, 0.29) is 12.5 Å². The number of hydrogen-bond donors (Lipinski definition) is 1. The largest absolute Gasteiger partial charge is 0.481 e. The summed E-state index contributed by atoms with van der Waals surface area (Å²) in [6.07, 6.45) is -0.621. The van der Waals surface area contributed by atoms with Crippen LogP contribution in [0.3, 0.4) is 0 Å². The standard InChI is InChI=1S/C21H22FNO4/c1-14-3-5-16(6-4-14)15(2)23-12-11-21(13-19(24)25,27-20(23)26)17-7-9-18(22)10-8-17/h3-10,15H,11-13H2,1-2H3,(H,24,25)/t15-,21-/m0/s1. The van der Waals surface area contributed by atoms with Crippen molar-refractivity contribution < 1.29 is 23.8 Å². The molecule has 142 valence electrons. The molecule has 1 N–H and O–H groups in total. The van der Waals surface area contributed by atoms with Crippen LogP contribution >= 0.6 is 0 Å². The second-order valence-corrected chi connectivity index (χ2v) is 6.97. The van der Waals surface area contributed by atoms with Gasteiger partial charge in [-0.1, -0.05) is 42.0 Å². The maximum absolute atomic E-state index is 13.3. The molecule has 0 aromatic heterocycles. The molecule has 1 aliphatic heterocycles. The Kier molecular flexibility index (Phi) is 5.17. The van der Waals surface area contributed by atoms with Gasteiger partial charge in [0.15, 0.2) is 5.60 Å². The number of carboxylic acids is 1. The number of amides is 1. The van der Waals surface area contributed by atoms with Crippen molar-refractivity contribution >= 4 is 12.1 Å². The Morgan fingerprint density at radius 1 is 1.22 bits per heavy atom. The van der Waals surface area contributed by atoms with E-state index in [9.17, 15) is 19.1 Å². The average Bonchev–Trinajstić information content (AvgIpc) is 2.62. The van der Waals surface area contributed by atoms with Crippen LogP contribution in [-0.2, 0) is 15.1 Å². The second kappa shape index (κ2) is 7.39. The molecule has 1 aliphatic rings. The summed E-state index contributed by atoms with van der Waals surface area (Å²) in [4.78, 5) is 25.8. The summed E-state index contributed by atoms with van der Waals surface area (Å²) < 4.78 is 18.9. The molecule has 1 fully saturated rings. The van der Waals surface area contributed by atoms with Crippen LogP contribution in [0.25, 0.3) is 0 Å². The molecule has 2 atom stereocenters. The van der Waals surface area contributed by atoms with Gasteiger partial charge in [0.1, 0.15) is 5.82 Å².